The smallest absolute Gasteiger partial charge is 0.195 e. The molecule has 1 aliphatic rings. The molecule has 0 aromatic heterocycles. The molecule has 0 amide bonds. The summed E-state index contributed by atoms with van der Waals surface area (Å²) in [7, 11) is 3.48. The Morgan fingerprint density at radius 3 is 2.77 bits per heavy atom. The summed E-state index contributed by atoms with van der Waals surface area (Å²) in [6.45, 7) is 3.61. The zero-order chi connectivity index (χ0) is 15.1. The van der Waals surface area contributed by atoms with Crippen molar-refractivity contribution in [1.82, 2.24) is 5.32 Å². The van der Waals surface area contributed by atoms with E-state index in [0.29, 0.717) is 19.3 Å². The molecule has 22 heavy (non-hydrogen) atoms. The molecule has 6 heteroatoms. The van der Waals surface area contributed by atoms with Crippen LogP contribution in [0.1, 0.15) is 19.8 Å². The van der Waals surface area contributed by atoms with Crippen molar-refractivity contribution in [2.45, 2.75) is 25.8 Å². The van der Waals surface area contributed by atoms with Crippen LogP contribution in [0.15, 0.2) is 29.3 Å². The molecule has 2 unspecified atom stereocenters. The van der Waals surface area contributed by atoms with Crippen LogP contribution in [0.3, 0.4) is 0 Å². The predicted octanol–water partition coefficient (Wildman–Crippen LogP) is 3.12. The Bertz CT molecular complexity index is 482. The summed E-state index contributed by atoms with van der Waals surface area (Å²) >= 11 is 0. The maximum absolute atomic E-state index is 5.69. The summed E-state index contributed by atoms with van der Waals surface area (Å²) in [6.07, 6.45) is 2.10. The van der Waals surface area contributed by atoms with E-state index in [1.165, 1.54) is 6.42 Å². The van der Waals surface area contributed by atoms with Gasteiger partial charge in [0.15, 0.2) is 5.96 Å². The molecule has 0 spiro atoms. The number of aliphatic imine (C=N–C) groups is 1. The highest BCUT2D eigenvalue weighted by atomic mass is 127. The van der Waals surface area contributed by atoms with Gasteiger partial charge in [-0.25, -0.2) is 0 Å². The SMILES string of the molecule is CN=C(Nc1cccc(OCCCOC)c1)NC1CC1C.I. The summed E-state index contributed by atoms with van der Waals surface area (Å²) in [6, 6.07) is 8.46. The molecule has 2 atom stereocenters. The van der Waals surface area contributed by atoms with Crippen LogP contribution in [0.5, 0.6) is 5.75 Å². The van der Waals surface area contributed by atoms with Crippen molar-refractivity contribution in [2.24, 2.45) is 10.9 Å². The molecule has 0 bridgehead atoms. The zero-order valence-corrected chi connectivity index (χ0v) is 15.8. The average molecular weight is 419 g/mol. The van der Waals surface area contributed by atoms with Crippen LogP contribution in [0.4, 0.5) is 5.69 Å². The lowest BCUT2D eigenvalue weighted by molar-refractivity contribution is 0.172. The van der Waals surface area contributed by atoms with Crippen LogP contribution >= 0.6 is 24.0 Å². The number of nitrogens with zero attached hydrogens (tertiary/aromatic N) is 1. The van der Waals surface area contributed by atoms with E-state index < -0.39 is 0 Å². The molecule has 1 aromatic carbocycles. The fourth-order valence-corrected chi connectivity index (χ4v) is 2.05. The van der Waals surface area contributed by atoms with Gasteiger partial charge in [0.2, 0.25) is 0 Å². The normalized spacial score (nSPS) is 20.0. The third-order valence-corrected chi connectivity index (χ3v) is 3.51. The van der Waals surface area contributed by atoms with E-state index in [1.54, 1.807) is 14.2 Å². The first-order chi connectivity index (χ1) is 10.2. The maximum Gasteiger partial charge on any atom is 0.195 e. The highest BCUT2D eigenvalue weighted by molar-refractivity contribution is 14.0. The van der Waals surface area contributed by atoms with Gasteiger partial charge in [0.25, 0.3) is 0 Å². The molecule has 1 fully saturated rings. The molecule has 0 radical (unpaired) electrons. The summed E-state index contributed by atoms with van der Waals surface area (Å²) in [5.74, 6) is 2.39. The van der Waals surface area contributed by atoms with Crippen molar-refractivity contribution in [3.63, 3.8) is 0 Å². The molecule has 0 aliphatic heterocycles. The summed E-state index contributed by atoms with van der Waals surface area (Å²) in [5, 5.41) is 6.70. The van der Waals surface area contributed by atoms with E-state index in [2.05, 4.69) is 22.5 Å². The van der Waals surface area contributed by atoms with E-state index in [0.717, 1.165) is 29.7 Å². The minimum Gasteiger partial charge on any atom is -0.493 e. The van der Waals surface area contributed by atoms with Gasteiger partial charge in [-0.3, -0.25) is 4.99 Å². The number of nitrogens with one attached hydrogen (secondary N) is 2. The number of ether oxygens (including phenoxy) is 2. The van der Waals surface area contributed by atoms with Crippen molar-refractivity contribution >= 4 is 35.6 Å². The monoisotopic (exact) mass is 419 g/mol. The Morgan fingerprint density at radius 1 is 1.36 bits per heavy atom. The molecule has 1 aromatic rings. The van der Waals surface area contributed by atoms with Gasteiger partial charge < -0.3 is 20.1 Å². The largest absolute Gasteiger partial charge is 0.493 e. The molecule has 0 heterocycles. The van der Waals surface area contributed by atoms with Crippen molar-refractivity contribution in [1.29, 1.82) is 0 Å². The molecule has 5 nitrogen and oxygen atoms in total. The fraction of sp³-hybridized carbons (Fsp3) is 0.562. The number of hydrogen-bond acceptors (Lipinski definition) is 3. The molecular weight excluding hydrogens is 393 g/mol. The van der Waals surface area contributed by atoms with Gasteiger partial charge in [-0.15, -0.1) is 24.0 Å². The second-order valence-electron chi connectivity index (χ2n) is 5.38. The van der Waals surface area contributed by atoms with E-state index in [1.807, 2.05) is 24.3 Å². The zero-order valence-electron chi connectivity index (χ0n) is 13.5. The molecule has 2 N–H and O–H groups in total. The van der Waals surface area contributed by atoms with E-state index in [-0.39, 0.29) is 24.0 Å². The van der Waals surface area contributed by atoms with Crippen LogP contribution in [0, 0.1) is 5.92 Å². The quantitative estimate of drug-likeness (QED) is 0.309. The number of hydrogen-bond donors (Lipinski definition) is 2. The molecule has 0 saturated heterocycles. The number of rotatable bonds is 7. The van der Waals surface area contributed by atoms with Crippen LogP contribution in [-0.2, 0) is 4.74 Å². The van der Waals surface area contributed by atoms with Crippen molar-refractivity contribution in [2.75, 3.05) is 32.7 Å². The second kappa shape index (κ2) is 9.89. The first-order valence-corrected chi connectivity index (χ1v) is 7.45. The standard InChI is InChI=1S/C16H25N3O2.HI/c1-12-10-15(12)19-16(17-2)18-13-6-4-7-14(11-13)21-9-5-8-20-3;/h4,6-7,11-12,15H,5,8-10H2,1-3H3,(H2,17,18,19);1H. The Hall–Kier alpha value is -1.02. The van der Waals surface area contributed by atoms with Crippen molar-refractivity contribution in [3.05, 3.63) is 24.3 Å². The molecule has 1 aliphatic carbocycles. The minimum atomic E-state index is 0. The van der Waals surface area contributed by atoms with Crippen LogP contribution in [0.25, 0.3) is 0 Å². The van der Waals surface area contributed by atoms with Gasteiger partial charge in [0.05, 0.1) is 6.61 Å². The lowest BCUT2D eigenvalue weighted by Gasteiger charge is -2.13. The Kier molecular flexibility index (Phi) is 8.55. The Balaban J connectivity index is 0.00000242. The summed E-state index contributed by atoms with van der Waals surface area (Å²) in [5.41, 5.74) is 0.973. The minimum absolute atomic E-state index is 0. The van der Waals surface area contributed by atoms with Crippen LogP contribution < -0.4 is 15.4 Å². The highest BCUT2D eigenvalue weighted by Gasteiger charge is 2.33. The highest BCUT2D eigenvalue weighted by Crippen LogP contribution is 2.29. The number of halogens is 1. The van der Waals surface area contributed by atoms with Gasteiger partial charge in [-0.05, 0) is 24.5 Å². The topological polar surface area (TPSA) is 54.9 Å². The molecule has 124 valence electrons. The first-order valence-electron chi connectivity index (χ1n) is 7.45. The predicted molar refractivity (Wildman–Crippen MR) is 102 cm³/mol. The van der Waals surface area contributed by atoms with Gasteiger partial charge in [-0.2, -0.15) is 0 Å². The third-order valence-electron chi connectivity index (χ3n) is 3.51. The summed E-state index contributed by atoms with van der Waals surface area (Å²) < 4.78 is 10.7. The van der Waals surface area contributed by atoms with Crippen molar-refractivity contribution < 1.29 is 9.47 Å². The number of benzene rings is 1. The van der Waals surface area contributed by atoms with Gasteiger partial charge >= 0.3 is 0 Å². The van der Waals surface area contributed by atoms with E-state index >= 15 is 0 Å². The lowest BCUT2D eigenvalue weighted by atomic mass is 10.3. The Morgan fingerprint density at radius 2 is 2.14 bits per heavy atom. The van der Waals surface area contributed by atoms with Gasteiger partial charge in [-0.1, -0.05) is 13.0 Å². The molecule has 2 rings (SSSR count). The van der Waals surface area contributed by atoms with Gasteiger partial charge in [0, 0.05) is 45.0 Å². The number of guanidine groups is 1. The first kappa shape index (κ1) is 19.0. The lowest BCUT2D eigenvalue weighted by Crippen LogP contribution is -2.33. The van der Waals surface area contributed by atoms with E-state index in [9.17, 15) is 0 Å². The maximum atomic E-state index is 5.69. The second-order valence-corrected chi connectivity index (χ2v) is 5.38. The number of anilines is 1. The molecular formula is C16H26IN3O2. The van der Waals surface area contributed by atoms with Crippen LogP contribution in [0.2, 0.25) is 0 Å². The van der Waals surface area contributed by atoms with Crippen molar-refractivity contribution in [3.8, 4) is 5.75 Å². The average Bonchev–Trinajstić information content (AvgIpc) is 3.18. The van der Waals surface area contributed by atoms with Gasteiger partial charge in [0.1, 0.15) is 5.75 Å². The molecule has 1 saturated carbocycles. The third kappa shape index (κ3) is 6.39. The fourth-order valence-electron chi connectivity index (χ4n) is 2.05. The summed E-state index contributed by atoms with van der Waals surface area (Å²) in [4.78, 5) is 4.25. The Labute approximate surface area is 149 Å². The van der Waals surface area contributed by atoms with E-state index in [4.69, 9.17) is 9.47 Å². The number of methoxy groups -OCH3 is 1. The van der Waals surface area contributed by atoms with Crippen LogP contribution in [-0.4, -0.2) is 39.4 Å².